The van der Waals surface area contributed by atoms with Gasteiger partial charge in [-0.1, -0.05) is 33.1 Å². The summed E-state index contributed by atoms with van der Waals surface area (Å²) in [5.41, 5.74) is 0. The molecule has 168 valence electrons. The Balaban J connectivity index is 1.73. The molecule has 1 aliphatic heterocycles. The molecule has 0 aromatic heterocycles. The smallest absolute Gasteiger partial charge is 0.241 e. The third kappa shape index (κ3) is 5.66. The molecule has 0 radical (unpaired) electrons. The van der Waals surface area contributed by atoms with Crippen LogP contribution in [-0.2, 0) is 14.8 Å². The van der Waals surface area contributed by atoms with Crippen LogP contribution < -0.4 is 14.2 Å². The largest absolute Gasteiger partial charge is 0.490 e. The standard InChI is InChI=1S/C22H34N2O5S/c1-16(2)21(22(25)24(3)15-17-8-5-4-6-9-17)23-30(26,27)18-10-11-19-20(14-18)29-13-7-12-28-19/h10-11,14,16-17,21,23H,4-9,12-13,15H2,1-3H3. The molecular formula is C22H34N2O5S. The highest BCUT2D eigenvalue weighted by Gasteiger charge is 2.32. The van der Waals surface area contributed by atoms with Gasteiger partial charge in [0.1, 0.15) is 6.04 Å². The lowest BCUT2D eigenvalue weighted by Gasteiger charge is -2.31. The summed E-state index contributed by atoms with van der Waals surface area (Å²) < 4.78 is 39.9. The van der Waals surface area contributed by atoms with Crippen molar-refractivity contribution in [1.82, 2.24) is 9.62 Å². The molecule has 1 heterocycles. The maximum Gasteiger partial charge on any atom is 0.241 e. The Hall–Kier alpha value is -1.80. The fraction of sp³-hybridized carbons (Fsp3) is 0.682. The normalized spacial score (nSPS) is 18.7. The average molecular weight is 439 g/mol. The van der Waals surface area contributed by atoms with Crippen LogP contribution in [0.5, 0.6) is 11.5 Å². The van der Waals surface area contributed by atoms with Gasteiger partial charge < -0.3 is 14.4 Å². The number of nitrogens with zero attached hydrogens (tertiary/aromatic N) is 1. The quantitative estimate of drug-likeness (QED) is 0.707. The molecule has 1 unspecified atom stereocenters. The zero-order valence-electron chi connectivity index (χ0n) is 18.2. The summed E-state index contributed by atoms with van der Waals surface area (Å²) in [6.45, 7) is 5.40. The Morgan fingerprint density at radius 2 is 1.77 bits per heavy atom. The summed E-state index contributed by atoms with van der Waals surface area (Å²) in [5.74, 6) is 1.08. The SMILES string of the molecule is CC(C)C(NS(=O)(=O)c1ccc2c(c1)OCCCO2)C(=O)N(C)CC1CCCCC1. The Morgan fingerprint density at radius 1 is 1.10 bits per heavy atom. The number of nitrogens with one attached hydrogen (secondary N) is 1. The maximum absolute atomic E-state index is 13.1. The zero-order chi connectivity index (χ0) is 21.7. The molecule has 0 bridgehead atoms. The molecule has 1 atom stereocenters. The Labute approximate surface area is 180 Å². The van der Waals surface area contributed by atoms with Crippen molar-refractivity contribution in [2.24, 2.45) is 11.8 Å². The number of benzene rings is 1. The van der Waals surface area contributed by atoms with Gasteiger partial charge in [0.25, 0.3) is 0 Å². The van der Waals surface area contributed by atoms with Crippen molar-refractivity contribution in [3.05, 3.63) is 18.2 Å². The minimum Gasteiger partial charge on any atom is -0.490 e. The highest BCUT2D eigenvalue weighted by molar-refractivity contribution is 7.89. The van der Waals surface area contributed by atoms with E-state index in [4.69, 9.17) is 9.47 Å². The van der Waals surface area contributed by atoms with E-state index in [1.165, 1.54) is 31.4 Å². The van der Waals surface area contributed by atoms with E-state index in [2.05, 4.69) is 4.72 Å². The number of ether oxygens (including phenoxy) is 2. The lowest BCUT2D eigenvalue weighted by atomic mass is 9.89. The van der Waals surface area contributed by atoms with E-state index in [1.807, 2.05) is 13.8 Å². The van der Waals surface area contributed by atoms with Gasteiger partial charge in [0, 0.05) is 26.1 Å². The van der Waals surface area contributed by atoms with Gasteiger partial charge in [0.05, 0.1) is 18.1 Å². The first-order valence-corrected chi connectivity index (χ1v) is 12.4. The molecule has 1 saturated carbocycles. The van der Waals surface area contributed by atoms with E-state index in [-0.39, 0.29) is 16.7 Å². The van der Waals surface area contributed by atoms with Crippen molar-refractivity contribution in [2.45, 2.75) is 63.3 Å². The first-order valence-electron chi connectivity index (χ1n) is 10.9. The van der Waals surface area contributed by atoms with Gasteiger partial charge in [0.15, 0.2) is 11.5 Å². The highest BCUT2D eigenvalue weighted by atomic mass is 32.2. The van der Waals surface area contributed by atoms with Crippen LogP contribution in [0.1, 0.15) is 52.4 Å². The molecule has 0 saturated heterocycles. The van der Waals surface area contributed by atoms with Crippen molar-refractivity contribution >= 4 is 15.9 Å². The molecule has 3 rings (SSSR count). The van der Waals surface area contributed by atoms with E-state index < -0.39 is 16.1 Å². The van der Waals surface area contributed by atoms with Crippen LogP contribution in [0.2, 0.25) is 0 Å². The van der Waals surface area contributed by atoms with Gasteiger partial charge in [-0.3, -0.25) is 4.79 Å². The van der Waals surface area contributed by atoms with Gasteiger partial charge in [-0.05, 0) is 36.8 Å². The number of fused-ring (bicyclic) bond motifs is 1. The van der Waals surface area contributed by atoms with Gasteiger partial charge in [-0.15, -0.1) is 0 Å². The number of rotatable bonds is 7. The van der Waals surface area contributed by atoms with Crippen molar-refractivity contribution < 1.29 is 22.7 Å². The molecule has 1 N–H and O–H groups in total. The van der Waals surface area contributed by atoms with Crippen LogP contribution in [0.4, 0.5) is 0 Å². The van der Waals surface area contributed by atoms with Crippen LogP contribution in [0.15, 0.2) is 23.1 Å². The third-order valence-corrected chi connectivity index (χ3v) is 7.32. The van der Waals surface area contributed by atoms with Crippen molar-refractivity contribution in [3.8, 4) is 11.5 Å². The molecule has 1 fully saturated rings. The van der Waals surface area contributed by atoms with E-state index in [0.29, 0.717) is 37.2 Å². The van der Waals surface area contributed by atoms with Gasteiger partial charge in [-0.2, -0.15) is 4.72 Å². The number of hydrogen-bond acceptors (Lipinski definition) is 5. The second-order valence-corrected chi connectivity index (χ2v) is 10.4. The number of sulfonamides is 1. The molecular weight excluding hydrogens is 404 g/mol. The summed E-state index contributed by atoms with van der Waals surface area (Å²) in [6, 6.07) is 3.75. The highest BCUT2D eigenvalue weighted by Crippen LogP contribution is 2.32. The van der Waals surface area contributed by atoms with E-state index >= 15 is 0 Å². The summed E-state index contributed by atoms with van der Waals surface area (Å²) in [5, 5.41) is 0. The lowest BCUT2D eigenvalue weighted by molar-refractivity contribution is -0.133. The Morgan fingerprint density at radius 3 is 2.43 bits per heavy atom. The molecule has 1 aromatic rings. The number of likely N-dealkylation sites (N-methyl/N-ethyl adjacent to an activating group) is 1. The molecule has 1 aliphatic carbocycles. The van der Waals surface area contributed by atoms with Crippen molar-refractivity contribution in [3.63, 3.8) is 0 Å². The van der Waals surface area contributed by atoms with Gasteiger partial charge in [0.2, 0.25) is 15.9 Å². The van der Waals surface area contributed by atoms with Crippen LogP contribution in [-0.4, -0.2) is 52.1 Å². The monoisotopic (exact) mass is 438 g/mol. The summed E-state index contributed by atoms with van der Waals surface area (Å²) in [7, 11) is -2.12. The predicted molar refractivity (Wildman–Crippen MR) is 115 cm³/mol. The third-order valence-electron chi connectivity index (χ3n) is 5.88. The molecule has 2 aliphatic rings. The molecule has 1 amide bonds. The average Bonchev–Trinajstić information content (AvgIpc) is 2.97. The maximum atomic E-state index is 13.1. The number of hydrogen-bond donors (Lipinski definition) is 1. The summed E-state index contributed by atoms with van der Waals surface area (Å²) >= 11 is 0. The predicted octanol–water partition coefficient (Wildman–Crippen LogP) is 3.19. The van der Waals surface area contributed by atoms with Crippen LogP contribution in [0.3, 0.4) is 0 Å². The van der Waals surface area contributed by atoms with E-state index in [0.717, 1.165) is 19.3 Å². The minimum absolute atomic E-state index is 0.0696. The number of carbonyl (C=O) groups excluding carboxylic acids is 1. The van der Waals surface area contributed by atoms with Gasteiger partial charge in [-0.25, -0.2) is 8.42 Å². The molecule has 1 aromatic carbocycles. The van der Waals surface area contributed by atoms with Crippen LogP contribution >= 0.6 is 0 Å². The van der Waals surface area contributed by atoms with E-state index in [9.17, 15) is 13.2 Å². The number of amides is 1. The van der Waals surface area contributed by atoms with E-state index in [1.54, 1.807) is 18.0 Å². The second kappa shape index (κ2) is 10.0. The Kier molecular flexibility index (Phi) is 7.63. The first-order chi connectivity index (χ1) is 14.3. The fourth-order valence-corrected chi connectivity index (χ4v) is 5.45. The van der Waals surface area contributed by atoms with Crippen molar-refractivity contribution in [2.75, 3.05) is 26.8 Å². The molecule has 8 heteroatoms. The second-order valence-electron chi connectivity index (χ2n) is 8.72. The minimum atomic E-state index is -3.89. The molecule has 0 spiro atoms. The summed E-state index contributed by atoms with van der Waals surface area (Å²) in [6.07, 6.45) is 6.68. The van der Waals surface area contributed by atoms with Gasteiger partial charge >= 0.3 is 0 Å². The van der Waals surface area contributed by atoms with Crippen LogP contribution in [0, 0.1) is 11.8 Å². The lowest BCUT2D eigenvalue weighted by Crippen LogP contribution is -2.51. The fourth-order valence-electron chi connectivity index (χ4n) is 4.10. The first kappa shape index (κ1) is 22.9. The number of carbonyl (C=O) groups is 1. The van der Waals surface area contributed by atoms with Crippen molar-refractivity contribution in [1.29, 1.82) is 0 Å². The summed E-state index contributed by atoms with van der Waals surface area (Å²) in [4.78, 5) is 14.9. The topological polar surface area (TPSA) is 84.9 Å². The van der Waals surface area contributed by atoms with Crippen LogP contribution in [0.25, 0.3) is 0 Å². The zero-order valence-corrected chi connectivity index (χ0v) is 19.0. The molecule has 7 nitrogen and oxygen atoms in total. The molecule has 30 heavy (non-hydrogen) atoms. The Bertz CT molecular complexity index is 834.